The fourth-order valence-electron chi connectivity index (χ4n) is 2.11. The number of benzene rings is 1. The van der Waals surface area contributed by atoms with Crippen LogP contribution in [-0.2, 0) is 6.42 Å². The number of aromatic nitrogens is 1. The molecule has 1 aromatic heterocycles. The fourth-order valence-corrected chi connectivity index (χ4v) is 2.11. The second-order valence-electron chi connectivity index (χ2n) is 5.24. The van der Waals surface area contributed by atoms with Crippen molar-refractivity contribution in [2.24, 2.45) is 0 Å². The molecule has 3 N–H and O–H groups in total. The van der Waals surface area contributed by atoms with Gasteiger partial charge in [0.25, 0.3) is 0 Å². The minimum Gasteiger partial charge on any atom is -0.488 e. The molecule has 0 saturated carbocycles. The SMILES string of the molecule is OCC(Cc1ccncc1)NCC(O)COc1ccccc1F. The molecule has 23 heavy (non-hydrogen) atoms. The molecular weight excluding hydrogens is 299 g/mol. The van der Waals surface area contributed by atoms with E-state index in [2.05, 4.69) is 10.3 Å². The zero-order valence-corrected chi connectivity index (χ0v) is 12.7. The predicted octanol–water partition coefficient (Wildman–Crippen LogP) is 1.15. The number of aliphatic hydroxyl groups excluding tert-OH is 2. The molecule has 0 aliphatic carbocycles. The van der Waals surface area contributed by atoms with Gasteiger partial charge in [-0.25, -0.2) is 4.39 Å². The molecule has 2 unspecified atom stereocenters. The normalized spacial score (nSPS) is 13.5. The van der Waals surface area contributed by atoms with Crippen molar-refractivity contribution >= 4 is 0 Å². The average molecular weight is 320 g/mol. The highest BCUT2D eigenvalue weighted by molar-refractivity contribution is 5.23. The summed E-state index contributed by atoms with van der Waals surface area (Å²) >= 11 is 0. The third kappa shape index (κ3) is 5.94. The van der Waals surface area contributed by atoms with Crippen LogP contribution in [0, 0.1) is 5.82 Å². The van der Waals surface area contributed by atoms with Crippen LogP contribution in [0.2, 0.25) is 0 Å². The molecule has 0 amide bonds. The Labute approximate surface area is 134 Å². The molecule has 2 atom stereocenters. The molecule has 0 bridgehead atoms. The second kappa shape index (κ2) is 9.19. The van der Waals surface area contributed by atoms with Crippen molar-refractivity contribution in [3.8, 4) is 5.75 Å². The van der Waals surface area contributed by atoms with Crippen LogP contribution >= 0.6 is 0 Å². The predicted molar refractivity (Wildman–Crippen MR) is 84.7 cm³/mol. The lowest BCUT2D eigenvalue weighted by Crippen LogP contribution is -2.41. The summed E-state index contributed by atoms with van der Waals surface area (Å²) in [5.41, 5.74) is 1.05. The van der Waals surface area contributed by atoms with Crippen molar-refractivity contribution in [3.05, 3.63) is 60.2 Å². The van der Waals surface area contributed by atoms with Gasteiger partial charge in [0.05, 0.1) is 6.61 Å². The largest absolute Gasteiger partial charge is 0.488 e. The van der Waals surface area contributed by atoms with E-state index in [0.717, 1.165) is 5.56 Å². The van der Waals surface area contributed by atoms with Gasteiger partial charge in [0.1, 0.15) is 12.7 Å². The fraction of sp³-hybridized carbons (Fsp3) is 0.353. The minimum absolute atomic E-state index is 0.0264. The van der Waals surface area contributed by atoms with Crippen molar-refractivity contribution < 1.29 is 19.3 Å². The summed E-state index contributed by atoms with van der Waals surface area (Å²) in [4.78, 5) is 3.94. The number of halogens is 1. The summed E-state index contributed by atoms with van der Waals surface area (Å²) in [5, 5.41) is 22.4. The standard InChI is InChI=1S/C17H21FN2O3/c18-16-3-1-2-4-17(16)23-12-15(22)10-20-14(11-21)9-13-5-7-19-8-6-13/h1-8,14-15,20-22H,9-12H2. The number of para-hydroxylation sites is 1. The van der Waals surface area contributed by atoms with Crippen molar-refractivity contribution in [2.75, 3.05) is 19.8 Å². The van der Waals surface area contributed by atoms with Gasteiger partial charge < -0.3 is 20.3 Å². The zero-order chi connectivity index (χ0) is 16.5. The first-order valence-electron chi connectivity index (χ1n) is 7.47. The van der Waals surface area contributed by atoms with E-state index in [4.69, 9.17) is 4.74 Å². The number of ether oxygens (including phenoxy) is 1. The van der Waals surface area contributed by atoms with Gasteiger partial charge in [-0.05, 0) is 36.2 Å². The number of pyridine rings is 1. The molecule has 5 nitrogen and oxygen atoms in total. The van der Waals surface area contributed by atoms with Crippen LogP contribution in [-0.4, -0.2) is 47.1 Å². The second-order valence-corrected chi connectivity index (χ2v) is 5.24. The molecule has 0 aliphatic rings. The molecule has 1 aromatic carbocycles. The maximum atomic E-state index is 13.4. The van der Waals surface area contributed by atoms with Crippen molar-refractivity contribution in [2.45, 2.75) is 18.6 Å². The Balaban J connectivity index is 1.74. The van der Waals surface area contributed by atoms with E-state index in [-0.39, 0.29) is 31.5 Å². The smallest absolute Gasteiger partial charge is 0.165 e. The maximum Gasteiger partial charge on any atom is 0.165 e. The Kier molecular flexibility index (Phi) is 6.93. The van der Waals surface area contributed by atoms with E-state index >= 15 is 0 Å². The lowest BCUT2D eigenvalue weighted by molar-refractivity contribution is 0.0977. The summed E-state index contributed by atoms with van der Waals surface area (Å²) in [5.74, 6) is -0.347. The maximum absolute atomic E-state index is 13.4. The first-order valence-corrected chi connectivity index (χ1v) is 7.47. The van der Waals surface area contributed by atoms with E-state index in [1.54, 1.807) is 24.5 Å². The number of hydrogen-bond donors (Lipinski definition) is 3. The van der Waals surface area contributed by atoms with Crippen LogP contribution in [0.15, 0.2) is 48.8 Å². The van der Waals surface area contributed by atoms with E-state index < -0.39 is 11.9 Å². The first-order chi connectivity index (χ1) is 11.2. The van der Waals surface area contributed by atoms with Crippen molar-refractivity contribution in [3.63, 3.8) is 0 Å². The third-order valence-electron chi connectivity index (χ3n) is 3.36. The van der Waals surface area contributed by atoms with E-state index in [9.17, 15) is 14.6 Å². The van der Waals surface area contributed by atoms with Gasteiger partial charge in [-0.3, -0.25) is 4.98 Å². The van der Waals surface area contributed by atoms with Crippen molar-refractivity contribution in [1.29, 1.82) is 0 Å². The van der Waals surface area contributed by atoms with Crippen LogP contribution in [0.1, 0.15) is 5.56 Å². The minimum atomic E-state index is -0.805. The monoisotopic (exact) mass is 320 g/mol. The van der Waals surface area contributed by atoms with Crippen molar-refractivity contribution in [1.82, 2.24) is 10.3 Å². The number of rotatable bonds is 9. The average Bonchev–Trinajstić information content (AvgIpc) is 2.58. The Morgan fingerprint density at radius 3 is 2.61 bits per heavy atom. The summed E-state index contributed by atoms with van der Waals surface area (Å²) in [6.07, 6.45) is 3.21. The molecular formula is C17H21FN2O3. The summed E-state index contributed by atoms with van der Waals surface area (Å²) in [7, 11) is 0. The van der Waals surface area contributed by atoms with Gasteiger partial charge in [0.2, 0.25) is 0 Å². The van der Waals surface area contributed by atoms with E-state index in [1.807, 2.05) is 12.1 Å². The molecule has 2 rings (SSSR count). The molecule has 0 spiro atoms. The number of nitrogens with one attached hydrogen (secondary N) is 1. The molecule has 2 aromatic rings. The number of aliphatic hydroxyl groups is 2. The van der Waals surface area contributed by atoms with E-state index in [1.165, 1.54) is 12.1 Å². The van der Waals surface area contributed by atoms with Crippen LogP contribution in [0.25, 0.3) is 0 Å². The summed E-state index contributed by atoms with van der Waals surface area (Å²) < 4.78 is 18.6. The van der Waals surface area contributed by atoms with Gasteiger partial charge in [0, 0.05) is 25.0 Å². The molecule has 0 radical (unpaired) electrons. The Bertz CT molecular complexity index is 583. The molecule has 0 saturated heterocycles. The Morgan fingerprint density at radius 1 is 1.17 bits per heavy atom. The highest BCUT2D eigenvalue weighted by Crippen LogP contribution is 2.15. The van der Waals surface area contributed by atoms with E-state index in [0.29, 0.717) is 6.42 Å². The highest BCUT2D eigenvalue weighted by Gasteiger charge is 2.12. The first kappa shape index (κ1) is 17.3. The van der Waals surface area contributed by atoms with Gasteiger partial charge in [0.15, 0.2) is 11.6 Å². The summed E-state index contributed by atoms with van der Waals surface area (Å²) in [6, 6.07) is 9.63. The third-order valence-corrected chi connectivity index (χ3v) is 3.36. The Hall–Kier alpha value is -2.02. The number of hydrogen-bond acceptors (Lipinski definition) is 5. The molecule has 0 aliphatic heterocycles. The van der Waals surface area contributed by atoms with Crippen LogP contribution < -0.4 is 10.1 Å². The Morgan fingerprint density at radius 2 is 1.91 bits per heavy atom. The molecule has 0 fully saturated rings. The van der Waals surface area contributed by atoms with Gasteiger partial charge in [-0.1, -0.05) is 12.1 Å². The molecule has 124 valence electrons. The van der Waals surface area contributed by atoms with Gasteiger partial charge >= 0.3 is 0 Å². The molecule has 6 heteroatoms. The van der Waals surface area contributed by atoms with Gasteiger partial charge in [-0.15, -0.1) is 0 Å². The topological polar surface area (TPSA) is 74.6 Å². The lowest BCUT2D eigenvalue weighted by Gasteiger charge is -2.19. The van der Waals surface area contributed by atoms with Gasteiger partial charge in [-0.2, -0.15) is 0 Å². The number of nitrogens with zero attached hydrogens (tertiary/aromatic N) is 1. The van der Waals surface area contributed by atoms with Crippen LogP contribution in [0.4, 0.5) is 4.39 Å². The zero-order valence-electron chi connectivity index (χ0n) is 12.7. The van der Waals surface area contributed by atoms with Crippen LogP contribution in [0.3, 0.4) is 0 Å². The lowest BCUT2D eigenvalue weighted by atomic mass is 10.1. The quantitative estimate of drug-likeness (QED) is 0.646. The molecule has 1 heterocycles. The summed E-state index contributed by atoms with van der Waals surface area (Å²) in [6.45, 7) is 0.162. The highest BCUT2D eigenvalue weighted by atomic mass is 19.1. The van der Waals surface area contributed by atoms with Crippen LogP contribution in [0.5, 0.6) is 5.75 Å².